The van der Waals surface area contributed by atoms with E-state index in [1.807, 2.05) is 11.4 Å². The van der Waals surface area contributed by atoms with Gasteiger partial charge in [-0.15, -0.1) is 11.3 Å². The van der Waals surface area contributed by atoms with Gasteiger partial charge in [0.15, 0.2) is 0 Å². The summed E-state index contributed by atoms with van der Waals surface area (Å²) in [5, 5.41) is 6.00. The lowest BCUT2D eigenvalue weighted by Crippen LogP contribution is -2.26. The van der Waals surface area contributed by atoms with Crippen LogP contribution >= 0.6 is 27.3 Å². The zero-order valence-electron chi connectivity index (χ0n) is 10.4. The number of hydrogen-bond acceptors (Lipinski definition) is 4. The van der Waals surface area contributed by atoms with Gasteiger partial charge in [-0.1, -0.05) is 22.0 Å². The fourth-order valence-corrected chi connectivity index (χ4v) is 2.81. The van der Waals surface area contributed by atoms with Crippen LogP contribution in [-0.4, -0.2) is 25.2 Å². The Kier molecular flexibility index (Phi) is 5.45. The molecule has 0 saturated heterocycles. The van der Waals surface area contributed by atoms with E-state index in [1.54, 1.807) is 19.4 Å². The molecule has 6 heteroatoms. The third-order valence-corrected chi connectivity index (χ3v) is 3.96. The van der Waals surface area contributed by atoms with Crippen LogP contribution in [0.4, 0.5) is 4.39 Å². The maximum absolute atomic E-state index is 14.1. The van der Waals surface area contributed by atoms with Crippen LogP contribution < -0.4 is 5.32 Å². The molecule has 0 saturated carbocycles. The molecule has 1 heterocycles. The van der Waals surface area contributed by atoms with Crippen LogP contribution in [0.15, 0.2) is 34.2 Å². The maximum atomic E-state index is 14.1. The Morgan fingerprint density at radius 3 is 3.00 bits per heavy atom. The minimum atomic E-state index is -0.250. The van der Waals surface area contributed by atoms with Gasteiger partial charge in [-0.3, -0.25) is 0 Å². The van der Waals surface area contributed by atoms with E-state index in [9.17, 15) is 4.39 Å². The summed E-state index contributed by atoms with van der Waals surface area (Å²) in [6.45, 7) is 1.20. The minimum absolute atomic E-state index is 0.247. The topological polar surface area (TPSA) is 34.1 Å². The molecule has 19 heavy (non-hydrogen) atoms. The van der Waals surface area contributed by atoms with Gasteiger partial charge >= 0.3 is 0 Å². The van der Waals surface area contributed by atoms with Crippen LogP contribution in [0.2, 0.25) is 0 Å². The van der Waals surface area contributed by atoms with Gasteiger partial charge in [0.25, 0.3) is 0 Å². The number of halogens is 2. The van der Waals surface area contributed by atoms with Gasteiger partial charge in [-0.05, 0) is 12.1 Å². The highest BCUT2D eigenvalue weighted by Gasteiger charge is 2.19. The van der Waals surface area contributed by atoms with Crippen molar-refractivity contribution in [1.82, 2.24) is 10.3 Å². The second-order valence-electron chi connectivity index (χ2n) is 3.92. The molecular weight excluding hydrogens is 331 g/mol. The molecule has 102 valence electrons. The molecule has 2 aromatic rings. The average Bonchev–Trinajstić information content (AvgIpc) is 2.89. The van der Waals surface area contributed by atoms with Crippen LogP contribution in [0, 0.1) is 5.82 Å². The predicted molar refractivity (Wildman–Crippen MR) is 77.9 cm³/mol. The summed E-state index contributed by atoms with van der Waals surface area (Å²) in [7, 11) is 1.64. The lowest BCUT2D eigenvalue weighted by Gasteiger charge is -2.17. The molecule has 0 aliphatic heterocycles. The molecule has 2 rings (SSSR count). The van der Waals surface area contributed by atoms with Crippen molar-refractivity contribution in [1.29, 1.82) is 0 Å². The highest BCUT2D eigenvalue weighted by molar-refractivity contribution is 9.10. The quantitative estimate of drug-likeness (QED) is 0.815. The number of benzene rings is 1. The van der Waals surface area contributed by atoms with E-state index in [2.05, 4.69) is 26.2 Å². The number of ether oxygens (including phenoxy) is 1. The Balaban J connectivity index is 2.26. The van der Waals surface area contributed by atoms with Crippen molar-refractivity contribution in [3.8, 4) is 0 Å². The maximum Gasteiger partial charge on any atom is 0.129 e. The number of rotatable bonds is 6. The summed E-state index contributed by atoms with van der Waals surface area (Å²) >= 11 is 4.77. The summed E-state index contributed by atoms with van der Waals surface area (Å²) in [6, 6.07) is 4.82. The monoisotopic (exact) mass is 344 g/mol. The molecule has 1 aromatic heterocycles. The lowest BCUT2D eigenvalue weighted by atomic mass is 10.1. The lowest BCUT2D eigenvalue weighted by molar-refractivity contribution is 0.197. The van der Waals surface area contributed by atoms with E-state index in [1.165, 1.54) is 17.4 Å². The number of aromatic nitrogens is 1. The molecular formula is C13H14BrFN2OS. The van der Waals surface area contributed by atoms with Crippen LogP contribution in [0.1, 0.15) is 16.6 Å². The van der Waals surface area contributed by atoms with E-state index in [0.29, 0.717) is 18.7 Å². The first kappa shape index (κ1) is 14.6. The normalized spacial score (nSPS) is 12.6. The number of hydrogen-bond donors (Lipinski definition) is 1. The van der Waals surface area contributed by atoms with Crippen molar-refractivity contribution in [3.05, 3.63) is 50.6 Å². The van der Waals surface area contributed by atoms with Gasteiger partial charge in [0.1, 0.15) is 10.8 Å². The molecule has 3 nitrogen and oxygen atoms in total. The summed E-state index contributed by atoms with van der Waals surface area (Å²) in [5.74, 6) is -0.250. The summed E-state index contributed by atoms with van der Waals surface area (Å²) in [5.41, 5.74) is 0.592. The third kappa shape index (κ3) is 3.82. The zero-order chi connectivity index (χ0) is 13.7. The SMILES string of the molecule is COCCNC(c1nccs1)c1ccc(Br)cc1F. The van der Waals surface area contributed by atoms with E-state index >= 15 is 0 Å². The highest BCUT2D eigenvalue weighted by atomic mass is 79.9. The molecule has 0 aliphatic carbocycles. The van der Waals surface area contributed by atoms with Gasteiger partial charge in [-0.2, -0.15) is 0 Å². The van der Waals surface area contributed by atoms with Crippen molar-refractivity contribution >= 4 is 27.3 Å². The minimum Gasteiger partial charge on any atom is -0.383 e. The van der Waals surface area contributed by atoms with Crippen LogP contribution in [0.3, 0.4) is 0 Å². The molecule has 0 bridgehead atoms. The predicted octanol–water partition coefficient (Wildman–Crippen LogP) is 3.37. The second kappa shape index (κ2) is 7.09. The third-order valence-electron chi connectivity index (χ3n) is 2.63. The average molecular weight is 345 g/mol. The first-order valence-corrected chi connectivity index (χ1v) is 7.46. The number of methoxy groups -OCH3 is 1. The molecule has 0 aliphatic rings. The van der Waals surface area contributed by atoms with Crippen molar-refractivity contribution in [2.45, 2.75) is 6.04 Å². The van der Waals surface area contributed by atoms with Crippen LogP contribution in [0.5, 0.6) is 0 Å². The van der Waals surface area contributed by atoms with Crippen molar-refractivity contribution in [2.75, 3.05) is 20.3 Å². The Hall–Kier alpha value is -0.820. The smallest absolute Gasteiger partial charge is 0.129 e. The Morgan fingerprint density at radius 1 is 1.53 bits per heavy atom. The molecule has 1 aromatic carbocycles. The first-order valence-electron chi connectivity index (χ1n) is 5.79. The highest BCUT2D eigenvalue weighted by Crippen LogP contribution is 2.27. The van der Waals surface area contributed by atoms with Crippen molar-refractivity contribution < 1.29 is 9.13 Å². The zero-order valence-corrected chi connectivity index (χ0v) is 12.8. The summed E-state index contributed by atoms with van der Waals surface area (Å²) in [4.78, 5) is 4.27. The van der Waals surface area contributed by atoms with E-state index < -0.39 is 0 Å². The van der Waals surface area contributed by atoms with Crippen LogP contribution in [-0.2, 0) is 4.74 Å². The molecule has 0 radical (unpaired) electrons. The number of nitrogens with zero attached hydrogens (tertiary/aromatic N) is 1. The summed E-state index contributed by atoms with van der Waals surface area (Å²) in [6.07, 6.45) is 1.72. The van der Waals surface area contributed by atoms with Gasteiger partial charge < -0.3 is 10.1 Å². The van der Waals surface area contributed by atoms with Crippen LogP contribution in [0.25, 0.3) is 0 Å². The number of thiazole rings is 1. The molecule has 0 fully saturated rings. The molecule has 0 spiro atoms. The van der Waals surface area contributed by atoms with E-state index in [0.717, 1.165) is 9.48 Å². The van der Waals surface area contributed by atoms with E-state index in [-0.39, 0.29) is 11.9 Å². The Labute approximate surface area is 124 Å². The molecule has 1 unspecified atom stereocenters. The van der Waals surface area contributed by atoms with Gasteiger partial charge in [0, 0.05) is 35.3 Å². The Morgan fingerprint density at radius 2 is 2.37 bits per heavy atom. The molecule has 1 atom stereocenters. The number of nitrogens with one attached hydrogen (secondary N) is 1. The first-order chi connectivity index (χ1) is 9.22. The summed E-state index contributed by atoms with van der Waals surface area (Å²) < 4.78 is 19.8. The Bertz CT molecular complexity index is 521. The van der Waals surface area contributed by atoms with E-state index in [4.69, 9.17) is 4.74 Å². The largest absolute Gasteiger partial charge is 0.383 e. The van der Waals surface area contributed by atoms with Gasteiger partial charge in [-0.25, -0.2) is 9.37 Å². The van der Waals surface area contributed by atoms with Crippen molar-refractivity contribution in [2.24, 2.45) is 0 Å². The fraction of sp³-hybridized carbons (Fsp3) is 0.308. The van der Waals surface area contributed by atoms with Crippen molar-refractivity contribution in [3.63, 3.8) is 0 Å². The second-order valence-corrected chi connectivity index (χ2v) is 5.76. The standard InChI is InChI=1S/C13H14BrFN2OS/c1-18-6-4-16-12(13-17-5-7-19-13)10-3-2-9(14)8-11(10)15/h2-3,5,7-8,12,16H,4,6H2,1H3. The fourth-order valence-electron chi connectivity index (χ4n) is 1.75. The molecule has 0 amide bonds. The molecule has 1 N–H and O–H groups in total. The van der Waals surface area contributed by atoms with Gasteiger partial charge in [0.05, 0.1) is 12.6 Å². The van der Waals surface area contributed by atoms with Gasteiger partial charge in [0.2, 0.25) is 0 Å².